The molecule has 2 N–H and O–H groups in total. The monoisotopic (exact) mass is 243 g/mol. The van der Waals surface area contributed by atoms with Crippen molar-refractivity contribution in [3.63, 3.8) is 0 Å². The van der Waals surface area contributed by atoms with E-state index >= 15 is 0 Å². The lowest BCUT2D eigenvalue weighted by Gasteiger charge is -2.08. The molecule has 0 aliphatic rings. The summed E-state index contributed by atoms with van der Waals surface area (Å²) in [7, 11) is 0. The van der Waals surface area contributed by atoms with E-state index in [1.807, 2.05) is 0 Å². The summed E-state index contributed by atoms with van der Waals surface area (Å²) in [5.74, 6) is -0.713. The first-order valence-corrected chi connectivity index (χ1v) is 4.68. The highest BCUT2D eigenvalue weighted by atomic mass is 19.4. The maximum absolute atomic E-state index is 12.2. The number of fused-ring (bicyclic) bond motifs is 1. The predicted octanol–water partition coefficient (Wildman–Crippen LogP) is 1.70. The third kappa shape index (κ3) is 2.38. The SMILES string of the molecule is NC(=O)c1cc2ccn(CC(F)(F)F)c2cn1. The Balaban J connectivity index is 2.45. The van der Waals surface area contributed by atoms with Crippen LogP contribution in [0.5, 0.6) is 0 Å². The molecule has 2 heterocycles. The summed E-state index contributed by atoms with van der Waals surface area (Å²) in [6.45, 7) is -1.09. The minimum Gasteiger partial charge on any atom is -0.364 e. The van der Waals surface area contributed by atoms with Crippen LogP contribution in [0.2, 0.25) is 0 Å². The molecular weight excluding hydrogens is 235 g/mol. The number of carbonyl (C=O) groups excluding carboxylic acids is 1. The zero-order valence-electron chi connectivity index (χ0n) is 8.53. The number of hydrogen-bond donors (Lipinski definition) is 1. The van der Waals surface area contributed by atoms with Crippen LogP contribution in [0.1, 0.15) is 10.5 Å². The van der Waals surface area contributed by atoms with E-state index in [1.54, 1.807) is 0 Å². The third-order valence-electron chi connectivity index (χ3n) is 2.26. The molecule has 0 saturated heterocycles. The Morgan fingerprint density at radius 2 is 2.18 bits per heavy atom. The number of nitrogens with zero attached hydrogens (tertiary/aromatic N) is 2. The molecule has 0 fully saturated rings. The van der Waals surface area contributed by atoms with Crippen LogP contribution in [-0.2, 0) is 6.54 Å². The molecule has 7 heteroatoms. The molecule has 0 bridgehead atoms. The van der Waals surface area contributed by atoms with Gasteiger partial charge in [0.25, 0.3) is 5.91 Å². The number of halogens is 3. The molecule has 0 spiro atoms. The number of amides is 1. The Hall–Kier alpha value is -2.05. The Labute approximate surface area is 93.8 Å². The standard InChI is InChI=1S/C10H8F3N3O/c11-10(12,13)5-16-2-1-6-3-7(9(14)17)15-4-8(6)16/h1-4H,5H2,(H2,14,17). The van der Waals surface area contributed by atoms with Crippen molar-refractivity contribution in [3.8, 4) is 0 Å². The van der Waals surface area contributed by atoms with Gasteiger partial charge in [-0.05, 0) is 12.1 Å². The number of primary amides is 1. The van der Waals surface area contributed by atoms with Crippen molar-refractivity contribution in [1.82, 2.24) is 9.55 Å². The van der Waals surface area contributed by atoms with E-state index < -0.39 is 18.6 Å². The van der Waals surface area contributed by atoms with Crippen LogP contribution in [0.4, 0.5) is 13.2 Å². The normalized spacial score (nSPS) is 11.9. The molecule has 0 aromatic carbocycles. The Morgan fingerprint density at radius 1 is 1.47 bits per heavy atom. The Morgan fingerprint density at radius 3 is 2.76 bits per heavy atom. The fourth-order valence-corrected chi connectivity index (χ4v) is 1.55. The van der Waals surface area contributed by atoms with Gasteiger partial charge in [0.1, 0.15) is 12.2 Å². The van der Waals surface area contributed by atoms with E-state index in [9.17, 15) is 18.0 Å². The van der Waals surface area contributed by atoms with Gasteiger partial charge in [-0.15, -0.1) is 0 Å². The Kier molecular flexibility index (Phi) is 2.53. The maximum atomic E-state index is 12.2. The minimum atomic E-state index is -4.30. The number of carbonyl (C=O) groups is 1. The summed E-state index contributed by atoms with van der Waals surface area (Å²) in [5.41, 5.74) is 5.37. The third-order valence-corrected chi connectivity index (χ3v) is 2.26. The lowest BCUT2D eigenvalue weighted by molar-refractivity contribution is -0.139. The van der Waals surface area contributed by atoms with Crippen LogP contribution in [0.15, 0.2) is 24.5 Å². The number of nitrogens with two attached hydrogens (primary N) is 1. The number of rotatable bonds is 2. The molecule has 2 rings (SSSR count). The summed E-state index contributed by atoms with van der Waals surface area (Å²) in [4.78, 5) is 14.6. The number of alkyl halides is 3. The summed E-state index contributed by atoms with van der Waals surface area (Å²) in [6.07, 6.45) is -1.79. The molecular formula is C10H8F3N3O. The van der Waals surface area contributed by atoms with Crippen LogP contribution in [-0.4, -0.2) is 21.6 Å². The molecule has 0 atom stereocenters. The minimum absolute atomic E-state index is 0.0299. The highest BCUT2D eigenvalue weighted by molar-refractivity contribution is 5.94. The molecule has 0 saturated carbocycles. The average molecular weight is 243 g/mol. The largest absolute Gasteiger partial charge is 0.406 e. The van der Waals surface area contributed by atoms with E-state index in [2.05, 4.69) is 4.98 Å². The summed E-state index contributed by atoms with van der Waals surface area (Å²) >= 11 is 0. The van der Waals surface area contributed by atoms with Crippen molar-refractivity contribution < 1.29 is 18.0 Å². The van der Waals surface area contributed by atoms with Gasteiger partial charge in [-0.1, -0.05) is 0 Å². The topological polar surface area (TPSA) is 60.9 Å². The predicted molar refractivity (Wildman–Crippen MR) is 54.3 cm³/mol. The summed E-state index contributed by atoms with van der Waals surface area (Å²) in [6, 6.07) is 2.85. The van der Waals surface area contributed by atoms with Crippen LogP contribution in [0.25, 0.3) is 10.9 Å². The first kappa shape index (κ1) is 11.4. The van der Waals surface area contributed by atoms with Crippen molar-refractivity contribution in [2.24, 2.45) is 5.73 Å². The summed E-state index contributed by atoms with van der Waals surface area (Å²) in [5, 5.41) is 0.498. The molecule has 0 radical (unpaired) electrons. The first-order valence-electron chi connectivity index (χ1n) is 4.68. The van der Waals surface area contributed by atoms with Crippen molar-refractivity contribution in [1.29, 1.82) is 0 Å². The second-order valence-electron chi connectivity index (χ2n) is 3.55. The van der Waals surface area contributed by atoms with Gasteiger partial charge in [-0.3, -0.25) is 4.79 Å². The molecule has 1 amide bonds. The van der Waals surface area contributed by atoms with Crippen molar-refractivity contribution >= 4 is 16.8 Å². The first-order chi connectivity index (χ1) is 7.87. The highest BCUT2D eigenvalue weighted by Crippen LogP contribution is 2.22. The van der Waals surface area contributed by atoms with Gasteiger partial charge in [0.15, 0.2) is 0 Å². The zero-order chi connectivity index (χ0) is 12.6. The second kappa shape index (κ2) is 3.76. The van der Waals surface area contributed by atoms with Crippen LogP contribution in [0.3, 0.4) is 0 Å². The lowest BCUT2D eigenvalue weighted by atomic mass is 10.2. The van der Waals surface area contributed by atoms with Crippen molar-refractivity contribution in [2.75, 3.05) is 0 Å². The van der Waals surface area contributed by atoms with E-state index in [0.29, 0.717) is 10.9 Å². The number of hydrogen-bond acceptors (Lipinski definition) is 2. The van der Waals surface area contributed by atoms with Gasteiger partial charge in [0.2, 0.25) is 0 Å². The molecule has 17 heavy (non-hydrogen) atoms. The number of pyridine rings is 1. The van der Waals surface area contributed by atoms with Gasteiger partial charge < -0.3 is 10.3 Å². The fraction of sp³-hybridized carbons (Fsp3) is 0.200. The maximum Gasteiger partial charge on any atom is 0.406 e. The summed E-state index contributed by atoms with van der Waals surface area (Å²) < 4.78 is 37.7. The van der Waals surface area contributed by atoms with E-state index in [0.717, 1.165) is 4.57 Å². The molecule has 0 unspecified atom stereocenters. The molecule has 2 aromatic rings. The average Bonchev–Trinajstić information content (AvgIpc) is 2.58. The van der Waals surface area contributed by atoms with Gasteiger partial charge in [0.05, 0.1) is 11.7 Å². The molecule has 4 nitrogen and oxygen atoms in total. The number of aromatic nitrogens is 2. The quantitative estimate of drug-likeness (QED) is 0.872. The highest BCUT2D eigenvalue weighted by Gasteiger charge is 2.28. The van der Waals surface area contributed by atoms with Crippen molar-refractivity contribution in [3.05, 3.63) is 30.2 Å². The van der Waals surface area contributed by atoms with Gasteiger partial charge >= 0.3 is 6.18 Å². The molecule has 0 aliphatic carbocycles. The van der Waals surface area contributed by atoms with Gasteiger partial charge in [-0.25, -0.2) is 4.98 Å². The smallest absolute Gasteiger partial charge is 0.364 e. The molecule has 2 aromatic heterocycles. The second-order valence-corrected chi connectivity index (χ2v) is 3.55. The van der Waals surface area contributed by atoms with Gasteiger partial charge in [0, 0.05) is 11.6 Å². The van der Waals surface area contributed by atoms with Crippen LogP contribution >= 0.6 is 0 Å². The van der Waals surface area contributed by atoms with E-state index in [1.165, 1.54) is 24.5 Å². The molecule has 0 aliphatic heterocycles. The van der Waals surface area contributed by atoms with Crippen LogP contribution < -0.4 is 5.73 Å². The van der Waals surface area contributed by atoms with E-state index in [-0.39, 0.29) is 5.69 Å². The zero-order valence-corrected chi connectivity index (χ0v) is 8.53. The van der Waals surface area contributed by atoms with Gasteiger partial charge in [-0.2, -0.15) is 13.2 Å². The lowest BCUT2D eigenvalue weighted by Crippen LogP contribution is -2.17. The Bertz CT molecular complexity index is 574. The molecule has 90 valence electrons. The van der Waals surface area contributed by atoms with Crippen LogP contribution in [0, 0.1) is 0 Å². The fourth-order valence-electron chi connectivity index (χ4n) is 1.55. The van der Waals surface area contributed by atoms with E-state index in [4.69, 9.17) is 5.73 Å². The van der Waals surface area contributed by atoms with Crippen molar-refractivity contribution in [2.45, 2.75) is 12.7 Å².